The zero-order valence-corrected chi connectivity index (χ0v) is 8.15. The Balaban J connectivity index is 2.98. The van der Waals surface area contributed by atoms with Gasteiger partial charge in [0.05, 0.1) is 11.4 Å². The smallest absolute Gasteiger partial charge is 0.162 e. The second-order valence-electron chi connectivity index (χ2n) is 2.34. The van der Waals surface area contributed by atoms with Crippen molar-refractivity contribution >= 4 is 30.1 Å². The number of alkyl halides is 1. The van der Waals surface area contributed by atoms with Gasteiger partial charge in [0.2, 0.25) is 0 Å². The van der Waals surface area contributed by atoms with E-state index in [1.807, 2.05) is 6.07 Å². The first-order valence-electron chi connectivity index (χ1n) is 3.38. The summed E-state index contributed by atoms with van der Waals surface area (Å²) >= 11 is 9.88. The molecule has 0 fully saturated rings. The summed E-state index contributed by atoms with van der Waals surface area (Å²) in [5.74, 6) is 1.19. The molecule has 3 nitrogen and oxygen atoms in total. The van der Waals surface area contributed by atoms with Crippen molar-refractivity contribution in [2.45, 2.75) is 12.4 Å². The van der Waals surface area contributed by atoms with Crippen LogP contribution >= 0.6 is 24.2 Å². The zero-order chi connectivity index (χ0) is 9.14. The number of amidine groups is 1. The van der Waals surface area contributed by atoms with Crippen molar-refractivity contribution in [1.29, 1.82) is 5.26 Å². The molecule has 1 unspecified atom stereocenters. The van der Waals surface area contributed by atoms with Gasteiger partial charge in [0.1, 0.15) is 6.07 Å². The summed E-state index contributed by atoms with van der Waals surface area (Å²) in [5.41, 5.74) is 0.643. The van der Waals surface area contributed by atoms with Crippen LogP contribution in [0.2, 0.25) is 0 Å². The Kier molecular flexibility index (Phi) is 3.01. The predicted molar refractivity (Wildman–Crippen MR) is 52.4 cm³/mol. The van der Waals surface area contributed by atoms with Crippen LogP contribution in [0.3, 0.4) is 0 Å². The summed E-state index contributed by atoms with van der Waals surface area (Å²) in [6.45, 7) is 1.80. The van der Waals surface area contributed by atoms with E-state index in [9.17, 15) is 0 Å². The van der Waals surface area contributed by atoms with Crippen LogP contribution in [0.1, 0.15) is 6.92 Å². The Labute approximate surface area is 81.5 Å². The number of hydrogen-bond acceptors (Lipinski definition) is 4. The van der Waals surface area contributed by atoms with Gasteiger partial charge in [-0.3, -0.25) is 0 Å². The van der Waals surface area contributed by atoms with E-state index in [2.05, 4.69) is 22.9 Å². The summed E-state index contributed by atoms with van der Waals surface area (Å²) in [4.78, 5) is 3.99. The molecule has 1 heterocycles. The third-order valence-electron chi connectivity index (χ3n) is 1.48. The average Bonchev–Trinajstić information content (AvgIpc) is 2.03. The fourth-order valence-corrected chi connectivity index (χ4v) is 1.52. The monoisotopic (exact) mass is 201 g/mol. The minimum Gasteiger partial charge on any atom is -0.346 e. The molecule has 0 aliphatic carbocycles. The molecular formula is C7H8ClN3S. The number of nitriles is 1. The van der Waals surface area contributed by atoms with Crippen molar-refractivity contribution in [1.82, 2.24) is 5.32 Å². The maximum Gasteiger partial charge on any atom is 0.162 e. The molecule has 0 aromatic rings. The molecule has 0 radical (unpaired) electrons. The van der Waals surface area contributed by atoms with Crippen molar-refractivity contribution in [3.05, 3.63) is 11.3 Å². The molecule has 5 heteroatoms. The number of nitrogens with one attached hydrogen (secondary N) is 1. The van der Waals surface area contributed by atoms with Gasteiger partial charge in [-0.1, -0.05) is 11.6 Å². The highest BCUT2D eigenvalue weighted by Crippen LogP contribution is 2.18. The Morgan fingerprint density at radius 1 is 1.83 bits per heavy atom. The number of hydrogen-bond donors (Lipinski definition) is 2. The standard InChI is InChI=1S/C7H8ClN3S/c1-4-10-6(3-12)5(2-9)7(8)11-4/h7,12H,3H2,1H3,(H,10,11). The maximum atomic E-state index is 8.71. The number of thiol groups is 1. The molecule has 0 spiro atoms. The van der Waals surface area contributed by atoms with Gasteiger partial charge in [0.25, 0.3) is 0 Å². The third kappa shape index (κ3) is 1.74. The Hall–Kier alpha value is -0.660. The van der Waals surface area contributed by atoms with Crippen molar-refractivity contribution in [3.63, 3.8) is 0 Å². The Bertz CT molecular complexity index is 290. The second kappa shape index (κ2) is 3.83. The molecule has 0 amide bonds. The van der Waals surface area contributed by atoms with E-state index in [-0.39, 0.29) is 0 Å². The highest BCUT2D eigenvalue weighted by molar-refractivity contribution is 7.80. The van der Waals surface area contributed by atoms with Crippen molar-refractivity contribution in [3.8, 4) is 6.07 Å². The topological polar surface area (TPSA) is 48.2 Å². The molecular weight excluding hydrogens is 194 g/mol. The van der Waals surface area contributed by atoms with Crippen LogP contribution < -0.4 is 5.32 Å². The molecule has 12 heavy (non-hydrogen) atoms. The largest absolute Gasteiger partial charge is 0.346 e. The summed E-state index contributed by atoms with van der Waals surface area (Å²) in [7, 11) is 0. The van der Waals surface area contributed by atoms with Gasteiger partial charge in [-0.05, 0) is 6.92 Å². The normalized spacial score (nSPS) is 22.8. The third-order valence-corrected chi connectivity index (χ3v) is 2.11. The minimum absolute atomic E-state index is 0.456. The van der Waals surface area contributed by atoms with E-state index in [0.29, 0.717) is 11.3 Å². The van der Waals surface area contributed by atoms with E-state index < -0.39 is 5.50 Å². The fourth-order valence-electron chi connectivity index (χ4n) is 0.942. The first-order chi connectivity index (χ1) is 5.69. The zero-order valence-electron chi connectivity index (χ0n) is 6.50. The maximum absolute atomic E-state index is 8.71. The molecule has 0 aromatic carbocycles. The Morgan fingerprint density at radius 3 is 3.00 bits per heavy atom. The van der Waals surface area contributed by atoms with Gasteiger partial charge in [0, 0.05) is 11.4 Å². The summed E-state index contributed by atoms with van der Waals surface area (Å²) in [6, 6.07) is 2.00. The van der Waals surface area contributed by atoms with Crippen LogP contribution in [0.4, 0.5) is 0 Å². The van der Waals surface area contributed by atoms with Gasteiger partial charge < -0.3 is 5.32 Å². The fraction of sp³-hybridized carbons (Fsp3) is 0.429. The number of rotatable bonds is 1. The lowest BCUT2D eigenvalue weighted by atomic mass is 10.2. The van der Waals surface area contributed by atoms with E-state index >= 15 is 0 Å². The minimum atomic E-state index is -0.557. The average molecular weight is 202 g/mol. The van der Waals surface area contributed by atoms with E-state index in [1.54, 1.807) is 6.92 Å². The molecule has 0 saturated carbocycles. The van der Waals surface area contributed by atoms with Gasteiger partial charge in [-0.2, -0.15) is 17.9 Å². The van der Waals surface area contributed by atoms with Gasteiger partial charge in [-0.15, -0.1) is 0 Å². The highest BCUT2D eigenvalue weighted by Gasteiger charge is 2.19. The molecule has 64 valence electrons. The van der Waals surface area contributed by atoms with Crippen LogP contribution in [-0.2, 0) is 0 Å². The molecule has 0 bridgehead atoms. The molecule has 1 atom stereocenters. The number of nitrogens with zero attached hydrogens (tertiary/aromatic N) is 2. The van der Waals surface area contributed by atoms with Gasteiger partial charge in [-0.25, -0.2) is 4.99 Å². The van der Waals surface area contributed by atoms with E-state index in [0.717, 1.165) is 11.5 Å². The first kappa shape index (κ1) is 9.43. The van der Waals surface area contributed by atoms with Crippen LogP contribution in [0.15, 0.2) is 16.3 Å². The van der Waals surface area contributed by atoms with Gasteiger partial charge >= 0.3 is 0 Å². The molecule has 1 aliphatic heterocycles. The first-order valence-corrected chi connectivity index (χ1v) is 4.45. The number of halogens is 1. The Morgan fingerprint density at radius 2 is 2.50 bits per heavy atom. The number of aliphatic imine (C=N–C) groups is 1. The highest BCUT2D eigenvalue weighted by atomic mass is 35.5. The van der Waals surface area contributed by atoms with Crippen LogP contribution in [0.5, 0.6) is 0 Å². The predicted octanol–water partition coefficient (Wildman–Crippen LogP) is 1.28. The van der Waals surface area contributed by atoms with E-state index in [4.69, 9.17) is 16.9 Å². The quantitative estimate of drug-likeness (QED) is 0.382. The summed E-state index contributed by atoms with van der Waals surface area (Å²) in [6.07, 6.45) is 0. The van der Waals surface area contributed by atoms with Crippen molar-refractivity contribution in [2.24, 2.45) is 4.99 Å². The van der Waals surface area contributed by atoms with Crippen LogP contribution in [0, 0.1) is 11.3 Å². The van der Waals surface area contributed by atoms with E-state index in [1.165, 1.54) is 0 Å². The van der Waals surface area contributed by atoms with Crippen molar-refractivity contribution in [2.75, 3.05) is 5.75 Å². The molecule has 0 saturated heterocycles. The lowest BCUT2D eigenvalue weighted by Gasteiger charge is -2.18. The molecule has 1 N–H and O–H groups in total. The SMILES string of the molecule is CC1=NC(Cl)C(C#N)=C(CS)N1. The van der Waals surface area contributed by atoms with Crippen LogP contribution in [-0.4, -0.2) is 17.1 Å². The molecule has 1 aliphatic rings. The van der Waals surface area contributed by atoms with Crippen LogP contribution in [0.25, 0.3) is 0 Å². The van der Waals surface area contributed by atoms with Gasteiger partial charge in [0.15, 0.2) is 5.50 Å². The lowest BCUT2D eigenvalue weighted by molar-refractivity contribution is 0.936. The molecule has 1 rings (SSSR count). The van der Waals surface area contributed by atoms with Crippen molar-refractivity contribution < 1.29 is 0 Å². The second-order valence-corrected chi connectivity index (χ2v) is 3.07. The summed E-state index contributed by atoms with van der Waals surface area (Å²) < 4.78 is 0. The lowest BCUT2D eigenvalue weighted by Crippen LogP contribution is -2.29. The molecule has 0 aromatic heterocycles. The summed E-state index contributed by atoms with van der Waals surface area (Å²) in [5, 5.41) is 11.7.